The van der Waals surface area contributed by atoms with E-state index in [1.807, 2.05) is 0 Å². The number of rotatable bonds is 9. The van der Waals surface area contributed by atoms with E-state index < -0.39 is 0 Å². The summed E-state index contributed by atoms with van der Waals surface area (Å²) in [7, 11) is 0. The first-order valence-corrected chi connectivity index (χ1v) is 7.32. The zero-order valence-electron chi connectivity index (χ0n) is 12.1. The lowest BCUT2D eigenvalue weighted by atomic mass is 10.3. The Balaban J connectivity index is 1.99. The van der Waals surface area contributed by atoms with E-state index in [0.717, 1.165) is 45.8 Å². The normalized spacial score (nSPS) is 17.8. The maximum atomic E-state index is 5.62. The first kappa shape index (κ1) is 15.9. The monoisotopic (exact) mass is 257 g/mol. The SMILES string of the molecule is CC(C)N(CCN)CCNCCN1CCNCC1. The average Bonchev–Trinajstić information content (AvgIpc) is 2.38. The minimum absolute atomic E-state index is 0.587. The Morgan fingerprint density at radius 2 is 1.94 bits per heavy atom. The molecule has 5 heteroatoms. The van der Waals surface area contributed by atoms with Crippen LogP contribution in [0, 0.1) is 0 Å². The lowest BCUT2D eigenvalue weighted by Crippen LogP contribution is -2.46. The van der Waals surface area contributed by atoms with E-state index in [4.69, 9.17) is 5.73 Å². The standard InChI is InChI=1S/C13H31N5/c1-13(2)18(8-3-14)12-7-16-6-11-17-9-4-15-5-10-17/h13,15-16H,3-12,14H2,1-2H3. The summed E-state index contributed by atoms with van der Waals surface area (Å²) in [5, 5.41) is 6.91. The number of hydrogen-bond donors (Lipinski definition) is 3. The first-order chi connectivity index (χ1) is 8.74. The molecule has 1 aliphatic heterocycles. The van der Waals surface area contributed by atoms with Gasteiger partial charge < -0.3 is 16.4 Å². The molecule has 1 saturated heterocycles. The molecule has 0 aromatic heterocycles. The molecule has 1 fully saturated rings. The fraction of sp³-hybridized carbons (Fsp3) is 1.00. The lowest BCUT2D eigenvalue weighted by Gasteiger charge is -2.28. The molecule has 0 bridgehead atoms. The Kier molecular flexibility index (Phi) is 8.54. The van der Waals surface area contributed by atoms with Gasteiger partial charge in [-0.3, -0.25) is 9.80 Å². The van der Waals surface area contributed by atoms with Crippen molar-refractivity contribution in [3.63, 3.8) is 0 Å². The van der Waals surface area contributed by atoms with Crippen LogP contribution in [0.2, 0.25) is 0 Å². The van der Waals surface area contributed by atoms with Gasteiger partial charge in [0.05, 0.1) is 0 Å². The molecule has 0 aromatic carbocycles. The molecule has 0 atom stereocenters. The van der Waals surface area contributed by atoms with Crippen LogP contribution in [0.5, 0.6) is 0 Å². The molecule has 0 amide bonds. The number of piperazine rings is 1. The molecule has 18 heavy (non-hydrogen) atoms. The molecular weight excluding hydrogens is 226 g/mol. The van der Waals surface area contributed by atoms with E-state index in [-0.39, 0.29) is 0 Å². The highest BCUT2D eigenvalue weighted by atomic mass is 15.2. The van der Waals surface area contributed by atoms with Gasteiger partial charge in [-0.15, -0.1) is 0 Å². The van der Waals surface area contributed by atoms with Gasteiger partial charge in [0.25, 0.3) is 0 Å². The fourth-order valence-electron chi connectivity index (χ4n) is 2.31. The summed E-state index contributed by atoms with van der Waals surface area (Å²) >= 11 is 0. The molecule has 108 valence electrons. The Morgan fingerprint density at radius 3 is 2.56 bits per heavy atom. The number of hydrogen-bond acceptors (Lipinski definition) is 5. The van der Waals surface area contributed by atoms with Gasteiger partial charge in [-0.1, -0.05) is 0 Å². The number of nitrogens with zero attached hydrogens (tertiary/aromatic N) is 2. The van der Waals surface area contributed by atoms with Gasteiger partial charge in [0.15, 0.2) is 0 Å². The minimum Gasteiger partial charge on any atom is -0.329 e. The van der Waals surface area contributed by atoms with Crippen LogP contribution in [0.1, 0.15) is 13.8 Å². The second kappa shape index (κ2) is 9.69. The molecule has 0 saturated carbocycles. The van der Waals surface area contributed by atoms with Crippen LogP contribution in [-0.4, -0.2) is 81.3 Å². The van der Waals surface area contributed by atoms with Gasteiger partial charge in [-0.05, 0) is 13.8 Å². The molecule has 0 aromatic rings. The van der Waals surface area contributed by atoms with Crippen molar-refractivity contribution in [3.05, 3.63) is 0 Å². The molecule has 1 aliphatic rings. The molecule has 0 spiro atoms. The minimum atomic E-state index is 0.587. The van der Waals surface area contributed by atoms with Crippen LogP contribution in [0.4, 0.5) is 0 Å². The highest BCUT2D eigenvalue weighted by Gasteiger charge is 2.09. The third kappa shape index (κ3) is 6.66. The van der Waals surface area contributed by atoms with Crippen LogP contribution < -0.4 is 16.4 Å². The molecular formula is C13H31N5. The van der Waals surface area contributed by atoms with Crippen molar-refractivity contribution >= 4 is 0 Å². The summed E-state index contributed by atoms with van der Waals surface area (Å²) < 4.78 is 0. The van der Waals surface area contributed by atoms with Gasteiger partial charge in [0.2, 0.25) is 0 Å². The van der Waals surface area contributed by atoms with Crippen LogP contribution in [-0.2, 0) is 0 Å². The molecule has 0 radical (unpaired) electrons. The van der Waals surface area contributed by atoms with E-state index in [2.05, 4.69) is 34.3 Å². The first-order valence-electron chi connectivity index (χ1n) is 7.32. The van der Waals surface area contributed by atoms with E-state index in [1.54, 1.807) is 0 Å². The number of nitrogens with two attached hydrogens (primary N) is 1. The summed E-state index contributed by atoms with van der Waals surface area (Å²) in [5.74, 6) is 0. The quantitative estimate of drug-likeness (QED) is 0.470. The number of nitrogens with one attached hydrogen (secondary N) is 2. The summed E-state index contributed by atoms with van der Waals surface area (Å²) in [4.78, 5) is 4.95. The smallest absolute Gasteiger partial charge is 0.0110 e. The summed E-state index contributed by atoms with van der Waals surface area (Å²) in [5.41, 5.74) is 5.62. The van der Waals surface area contributed by atoms with Crippen molar-refractivity contribution in [2.24, 2.45) is 5.73 Å². The summed E-state index contributed by atoms with van der Waals surface area (Å²) in [6, 6.07) is 0.587. The molecule has 4 N–H and O–H groups in total. The predicted molar refractivity (Wildman–Crippen MR) is 77.9 cm³/mol. The van der Waals surface area contributed by atoms with Crippen LogP contribution >= 0.6 is 0 Å². The Labute approximate surface area is 112 Å². The molecule has 5 nitrogen and oxygen atoms in total. The van der Waals surface area contributed by atoms with Gasteiger partial charge in [0.1, 0.15) is 0 Å². The third-order valence-electron chi connectivity index (χ3n) is 3.54. The third-order valence-corrected chi connectivity index (χ3v) is 3.54. The molecule has 1 heterocycles. The molecule has 1 rings (SSSR count). The maximum absolute atomic E-state index is 5.62. The van der Waals surface area contributed by atoms with Gasteiger partial charge in [-0.25, -0.2) is 0 Å². The second-order valence-corrected chi connectivity index (χ2v) is 5.26. The van der Waals surface area contributed by atoms with E-state index in [0.29, 0.717) is 6.04 Å². The fourth-order valence-corrected chi connectivity index (χ4v) is 2.31. The largest absolute Gasteiger partial charge is 0.329 e. The maximum Gasteiger partial charge on any atom is 0.0110 e. The van der Waals surface area contributed by atoms with E-state index in [1.165, 1.54) is 19.6 Å². The summed E-state index contributed by atoms with van der Waals surface area (Å²) in [6.45, 7) is 15.3. The van der Waals surface area contributed by atoms with Crippen molar-refractivity contribution in [2.45, 2.75) is 19.9 Å². The Hall–Kier alpha value is -0.200. The zero-order valence-corrected chi connectivity index (χ0v) is 12.1. The van der Waals surface area contributed by atoms with Crippen LogP contribution in [0.25, 0.3) is 0 Å². The zero-order chi connectivity index (χ0) is 13.2. The average molecular weight is 257 g/mol. The van der Waals surface area contributed by atoms with Crippen LogP contribution in [0.15, 0.2) is 0 Å². The second-order valence-electron chi connectivity index (χ2n) is 5.26. The molecule has 0 aliphatic carbocycles. The highest BCUT2D eigenvalue weighted by molar-refractivity contribution is 4.69. The van der Waals surface area contributed by atoms with Crippen molar-refractivity contribution in [3.8, 4) is 0 Å². The van der Waals surface area contributed by atoms with Crippen molar-refractivity contribution in [2.75, 3.05) is 65.4 Å². The van der Waals surface area contributed by atoms with E-state index >= 15 is 0 Å². The van der Waals surface area contributed by atoms with Crippen molar-refractivity contribution in [1.29, 1.82) is 0 Å². The predicted octanol–water partition coefficient (Wildman–Crippen LogP) is -0.850. The summed E-state index contributed by atoms with van der Waals surface area (Å²) in [6.07, 6.45) is 0. The lowest BCUT2D eigenvalue weighted by molar-refractivity contribution is 0.219. The Morgan fingerprint density at radius 1 is 1.22 bits per heavy atom. The Bertz CT molecular complexity index is 192. The van der Waals surface area contributed by atoms with Gasteiger partial charge in [-0.2, -0.15) is 0 Å². The van der Waals surface area contributed by atoms with E-state index in [9.17, 15) is 0 Å². The highest BCUT2D eigenvalue weighted by Crippen LogP contribution is 1.95. The van der Waals surface area contributed by atoms with Gasteiger partial charge in [0, 0.05) is 71.5 Å². The topological polar surface area (TPSA) is 56.6 Å². The van der Waals surface area contributed by atoms with Gasteiger partial charge >= 0.3 is 0 Å². The van der Waals surface area contributed by atoms with Crippen molar-refractivity contribution in [1.82, 2.24) is 20.4 Å². The van der Waals surface area contributed by atoms with Crippen molar-refractivity contribution < 1.29 is 0 Å². The molecule has 0 unspecified atom stereocenters. The van der Waals surface area contributed by atoms with Crippen LogP contribution in [0.3, 0.4) is 0 Å².